The molecule has 1 unspecified atom stereocenters. The molecule has 2 amide bonds. The van der Waals surface area contributed by atoms with Crippen molar-refractivity contribution in [2.24, 2.45) is 5.73 Å². The summed E-state index contributed by atoms with van der Waals surface area (Å²) in [5, 5.41) is 9.95. The second-order valence-corrected chi connectivity index (χ2v) is 12.0. The summed E-state index contributed by atoms with van der Waals surface area (Å²) in [7, 11) is 0. The minimum Gasteiger partial charge on any atom is -0.372 e. The molecule has 4 N–H and O–H groups in total. The normalized spacial score (nSPS) is 17.7. The van der Waals surface area contributed by atoms with Crippen molar-refractivity contribution in [3.63, 3.8) is 0 Å². The lowest BCUT2D eigenvalue weighted by Gasteiger charge is -2.31. The molecule has 2 saturated heterocycles. The lowest BCUT2D eigenvalue weighted by atomic mass is 9.92. The Labute approximate surface area is 265 Å². The minimum absolute atomic E-state index is 0.149. The zero-order chi connectivity index (χ0) is 31.6. The third-order valence-electron chi connectivity index (χ3n) is 9.02. The van der Waals surface area contributed by atoms with Gasteiger partial charge in [0.05, 0.1) is 23.1 Å². The number of pyridine rings is 1. The molecule has 2 aromatic carbocycles. The molecule has 0 saturated carbocycles. The van der Waals surface area contributed by atoms with E-state index in [1.165, 1.54) is 18.0 Å². The van der Waals surface area contributed by atoms with Gasteiger partial charge >= 0.3 is 0 Å². The molecule has 5 aromatic rings. The number of piperidine rings is 2. The van der Waals surface area contributed by atoms with E-state index in [4.69, 9.17) is 10.7 Å². The summed E-state index contributed by atoms with van der Waals surface area (Å²) in [4.78, 5) is 35.1. The zero-order valence-corrected chi connectivity index (χ0v) is 25.3. The highest BCUT2D eigenvalue weighted by atomic mass is 19.1. The van der Waals surface area contributed by atoms with Crippen LogP contribution in [0.15, 0.2) is 79.4 Å². The third kappa shape index (κ3) is 6.24. The molecule has 7 rings (SSSR count). The van der Waals surface area contributed by atoms with Crippen LogP contribution in [0.2, 0.25) is 0 Å². The zero-order valence-electron chi connectivity index (χ0n) is 25.3. The predicted molar refractivity (Wildman–Crippen MR) is 173 cm³/mol. The van der Waals surface area contributed by atoms with Crippen molar-refractivity contribution in [2.75, 3.05) is 18.4 Å². The van der Waals surface area contributed by atoms with Crippen molar-refractivity contribution in [1.82, 2.24) is 29.8 Å². The van der Waals surface area contributed by atoms with Gasteiger partial charge in [0.2, 0.25) is 11.8 Å². The highest BCUT2D eigenvalue weighted by Crippen LogP contribution is 2.31. The van der Waals surface area contributed by atoms with Crippen LogP contribution in [0, 0.1) is 5.82 Å². The molecule has 1 atom stereocenters. The number of rotatable bonds is 8. The number of hydrogen-bond acceptors (Lipinski definition) is 8. The Balaban J connectivity index is 0.953. The molecule has 0 bridgehead atoms. The van der Waals surface area contributed by atoms with Crippen molar-refractivity contribution in [3.05, 3.63) is 102 Å². The van der Waals surface area contributed by atoms with Crippen LogP contribution in [-0.4, -0.2) is 55.4 Å². The fraction of sp³-hybridized carbons (Fsp3) is 0.286. The molecular weight excluding hydrogens is 583 g/mol. The molecule has 3 aromatic heterocycles. The minimum atomic E-state index is -0.412. The summed E-state index contributed by atoms with van der Waals surface area (Å²) in [6, 6.07) is 19.3. The third-order valence-corrected chi connectivity index (χ3v) is 9.02. The van der Waals surface area contributed by atoms with Gasteiger partial charge in [-0.3, -0.25) is 24.8 Å². The van der Waals surface area contributed by atoms with Gasteiger partial charge in [-0.1, -0.05) is 36.4 Å². The molecular formula is C35H35FN8O2. The van der Waals surface area contributed by atoms with Gasteiger partial charge < -0.3 is 11.1 Å². The Morgan fingerprint density at radius 1 is 0.935 bits per heavy atom. The molecule has 10 nitrogen and oxygen atoms in total. The lowest BCUT2D eigenvalue weighted by Crippen LogP contribution is -2.47. The Hall–Kier alpha value is -5.00. The Kier molecular flexibility index (Phi) is 8.25. The number of nitrogens with one attached hydrogen (secondary N) is 2. The van der Waals surface area contributed by atoms with E-state index in [9.17, 15) is 14.0 Å². The summed E-state index contributed by atoms with van der Waals surface area (Å²) >= 11 is 0. The molecule has 2 aliphatic heterocycles. The number of imide groups is 1. The van der Waals surface area contributed by atoms with E-state index in [1.807, 2.05) is 30.5 Å². The molecule has 2 fully saturated rings. The van der Waals surface area contributed by atoms with Crippen molar-refractivity contribution >= 4 is 23.0 Å². The van der Waals surface area contributed by atoms with Crippen LogP contribution in [0.1, 0.15) is 48.4 Å². The van der Waals surface area contributed by atoms with Crippen LogP contribution in [-0.2, 0) is 22.7 Å². The van der Waals surface area contributed by atoms with Gasteiger partial charge in [0.25, 0.3) is 0 Å². The van der Waals surface area contributed by atoms with Gasteiger partial charge in [-0.15, -0.1) is 0 Å². The molecule has 11 heteroatoms. The summed E-state index contributed by atoms with van der Waals surface area (Å²) in [6.45, 7) is 3.01. The summed E-state index contributed by atoms with van der Waals surface area (Å²) in [5.41, 5.74) is 13.5. The topological polar surface area (TPSA) is 131 Å². The fourth-order valence-corrected chi connectivity index (χ4v) is 6.38. The summed E-state index contributed by atoms with van der Waals surface area (Å²) in [5.74, 6) is -0.443. The number of likely N-dealkylation sites (tertiary alicyclic amines) is 1. The molecule has 5 heterocycles. The smallest absolute Gasteiger partial charge is 0.249 e. The maximum Gasteiger partial charge on any atom is 0.249 e. The number of amides is 2. The number of carbonyl (C=O) groups is 2. The van der Waals surface area contributed by atoms with Crippen molar-refractivity contribution in [3.8, 4) is 22.4 Å². The van der Waals surface area contributed by atoms with Crippen molar-refractivity contribution in [2.45, 2.75) is 50.7 Å². The van der Waals surface area contributed by atoms with Gasteiger partial charge in [0, 0.05) is 54.0 Å². The molecule has 0 spiro atoms. The summed E-state index contributed by atoms with van der Waals surface area (Å²) in [6.07, 6.45) is 8.14. The van der Waals surface area contributed by atoms with Gasteiger partial charge in [-0.2, -0.15) is 5.10 Å². The largest absolute Gasteiger partial charge is 0.372 e. The Morgan fingerprint density at radius 3 is 2.46 bits per heavy atom. The van der Waals surface area contributed by atoms with Crippen LogP contribution in [0.25, 0.3) is 27.9 Å². The van der Waals surface area contributed by atoms with Crippen molar-refractivity contribution in [1.29, 1.82) is 0 Å². The van der Waals surface area contributed by atoms with E-state index < -0.39 is 6.04 Å². The monoisotopic (exact) mass is 618 g/mol. The quantitative estimate of drug-likeness (QED) is 0.214. The molecule has 0 aliphatic carbocycles. The number of anilines is 1. The first-order valence-corrected chi connectivity index (χ1v) is 15.6. The van der Waals surface area contributed by atoms with Crippen LogP contribution < -0.4 is 16.4 Å². The first-order chi connectivity index (χ1) is 22.4. The van der Waals surface area contributed by atoms with Gasteiger partial charge in [0.1, 0.15) is 18.2 Å². The standard InChI is InChI=1S/C35H35FN8O2/c36-29-15-25(5-6-26(29)17-37)34-32-16-27(20-44(32)40-21-39-34)23-3-1-22(2-4-23)19-43-13-11-24(12-14-43)30-8-7-28(18-38-30)41-31-9-10-33(45)42-35(31)46/h1-8,15-16,18,20-21,24,31,41H,9-14,17,19,37H2,(H,42,45,46). The average molecular weight is 619 g/mol. The highest BCUT2D eigenvalue weighted by Gasteiger charge is 2.27. The van der Waals surface area contributed by atoms with Gasteiger partial charge in [0.15, 0.2) is 0 Å². The number of nitrogens with two attached hydrogens (primary N) is 1. The molecule has 2 aliphatic rings. The first-order valence-electron chi connectivity index (χ1n) is 15.6. The van der Waals surface area contributed by atoms with Crippen LogP contribution in [0.3, 0.4) is 0 Å². The predicted octanol–water partition coefficient (Wildman–Crippen LogP) is 4.65. The van der Waals surface area contributed by atoms with E-state index in [1.54, 1.807) is 16.8 Å². The lowest BCUT2D eigenvalue weighted by molar-refractivity contribution is -0.133. The van der Waals surface area contributed by atoms with Crippen molar-refractivity contribution < 1.29 is 14.0 Å². The Bertz CT molecular complexity index is 1880. The number of nitrogens with zero attached hydrogens (tertiary/aromatic N) is 5. The number of aromatic nitrogens is 4. The number of halogens is 1. The number of fused-ring (bicyclic) bond motifs is 1. The average Bonchev–Trinajstić information content (AvgIpc) is 3.52. The van der Waals surface area contributed by atoms with Crippen LogP contribution in [0.5, 0.6) is 0 Å². The Morgan fingerprint density at radius 2 is 1.74 bits per heavy atom. The molecule has 46 heavy (non-hydrogen) atoms. The van der Waals surface area contributed by atoms with Crippen LogP contribution in [0.4, 0.5) is 10.1 Å². The van der Waals surface area contributed by atoms with E-state index >= 15 is 0 Å². The number of benzene rings is 2. The maximum atomic E-state index is 14.5. The number of carbonyl (C=O) groups excluding carboxylic acids is 2. The van der Waals surface area contributed by atoms with E-state index in [-0.39, 0.29) is 24.2 Å². The van der Waals surface area contributed by atoms with E-state index in [0.717, 1.165) is 60.5 Å². The first kappa shape index (κ1) is 29.7. The van der Waals surface area contributed by atoms with Gasteiger partial charge in [-0.05, 0) is 67.7 Å². The SMILES string of the molecule is NCc1ccc(-c2ncnn3cc(-c4ccc(CN5CCC(c6ccc(NC7CCC(=O)NC7=O)cn6)CC5)cc4)cc23)cc1F. The molecule has 0 radical (unpaired) electrons. The number of hydrogen-bond donors (Lipinski definition) is 3. The second kappa shape index (κ2) is 12.8. The highest BCUT2D eigenvalue weighted by molar-refractivity contribution is 6.01. The van der Waals surface area contributed by atoms with E-state index in [2.05, 4.69) is 49.9 Å². The van der Waals surface area contributed by atoms with Crippen LogP contribution >= 0.6 is 0 Å². The summed E-state index contributed by atoms with van der Waals surface area (Å²) < 4.78 is 16.2. The second-order valence-electron chi connectivity index (χ2n) is 12.0. The van der Waals surface area contributed by atoms with E-state index in [0.29, 0.717) is 35.6 Å². The maximum absolute atomic E-state index is 14.5. The van der Waals surface area contributed by atoms with Gasteiger partial charge in [-0.25, -0.2) is 13.9 Å². The molecule has 234 valence electrons. The fourth-order valence-electron chi connectivity index (χ4n) is 6.38.